The van der Waals surface area contributed by atoms with Crippen LogP contribution in [0.2, 0.25) is 0 Å². The maximum atomic E-state index is 12.9. The first-order valence-corrected chi connectivity index (χ1v) is 9.36. The first kappa shape index (κ1) is 17.5. The third-order valence-electron chi connectivity index (χ3n) is 5.34. The van der Waals surface area contributed by atoms with Crippen LogP contribution in [0.25, 0.3) is 16.7 Å². The lowest BCUT2D eigenvalue weighted by atomic mass is 9.97. The lowest BCUT2D eigenvalue weighted by Crippen LogP contribution is -2.49. The molecule has 1 aliphatic rings. The van der Waals surface area contributed by atoms with Gasteiger partial charge in [0.15, 0.2) is 5.65 Å². The number of benzene rings is 1. The van der Waals surface area contributed by atoms with Crippen LogP contribution < -0.4 is 5.56 Å². The van der Waals surface area contributed by atoms with E-state index in [4.69, 9.17) is 0 Å². The van der Waals surface area contributed by atoms with Crippen LogP contribution in [0.15, 0.2) is 47.7 Å². The molecule has 0 aliphatic carbocycles. The Morgan fingerprint density at radius 2 is 1.85 bits per heavy atom. The summed E-state index contributed by atoms with van der Waals surface area (Å²) in [6.07, 6.45) is 6.12. The number of fused-ring (bicyclic) bond motifs is 1. The number of hydrogen-bond donors (Lipinski definition) is 0. The number of likely N-dealkylation sites (tertiary alicyclic amines) is 1. The monoisotopic (exact) mass is 365 g/mol. The van der Waals surface area contributed by atoms with Crippen molar-refractivity contribution in [1.29, 1.82) is 0 Å². The van der Waals surface area contributed by atoms with Gasteiger partial charge in [-0.05, 0) is 45.2 Å². The molecule has 1 saturated heterocycles. The number of piperidine rings is 1. The van der Waals surface area contributed by atoms with Crippen LogP contribution in [-0.2, 0) is 11.3 Å². The first-order valence-electron chi connectivity index (χ1n) is 9.36. The Morgan fingerprint density at radius 1 is 1.15 bits per heavy atom. The van der Waals surface area contributed by atoms with Gasteiger partial charge in [-0.2, -0.15) is 5.10 Å². The average Bonchev–Trinajstić information content (AvgIpc) is 3.09. The molecule has 27 heavy (non-hydrogen) atoms. The summed E-state index contributed by atoms with van der Waals surface area (Å²) in [6.45, 7) is 4.15. The molecule has 1 aromatic carbocycles. The Hall–Kier alpha value is -2.96. The smallest absolute Gasteiger partial charge is 0.264 e. The fourth-order valence-electron chi connectivity index (χ4n) is 3.96. The standard InChI is InChI=1S/C20H23N5O2/c1-14-7-6-8-15(2)24(14)18(26)12-23-13-21-19-17(20(23)27)11-22-25(19)16-9-4-3-5-10-16/h3-5,9-11,13-15H,6-8,12H2,1-2H3/t14-,15+. The highest BCUT2D eigenvalue weighted by Crippen LogP contribution is 2.22. The molecule has 3 heterocycles. The van der Waals surface area contributed by atoms with E-state index in [0.717, 1.165) is 24.9 Å². The van der Waals surface area contributed by atoms with Gasteiger partial charge in [0.05, 0.1) is 11.9 Å². The average molecular weight is 365 g/mol. The normalized spacial score (nSPS) is 20.1. The molecule has 140 valence electrons. The summed E-state index contributed by atoms with van der Waals surface area (Å²) in [5.74, 6) is -0.0339. The minimum absolute atomic E-state index is 0.00691. The molecule has 4 rings (SSSR count). The molecule has 7 nitrogen and oxygen atoms in total. The van der Waals surface area contributed by atoms with Crippen LogP contribution in [0.3, 0.4) is 0 Å². The number of nitrogens with zero attached hydrogens (tertiary/aromatic N) is 5. The van der Waals surface area contributed by atoms with Crippen LogP contribution in [0.5, 0.6) is 0 Å². The molecule has 2 aromatic heterocycles. The third kappa shape index (κ3) is 3.13. The number of carbonyl (C=O) groups is 1. The molecule has 0 N–H and O–H groups in total. The van der Waals surface area contributed by atoms with E-state index in [1.165, 1.54) is 17.1 Å². The zero-order chi connectivity index (χ0) is 19.0. The van der Waals surface area contributed by atoms with Gasteiger partial charge in [-0.3, -0.25) is 14.2 Å². The maximum Gasteiger partial charge on any atom is 0.264 e. The van der Waals surface area contributed by atoms with E-state index in [9.17, 15) is 9.59 Å². The summed E-state index contributed by atoms with van der Waals surface area (Å²) in [6, 6.07) is 9.95. The summed E-state index contributed by atoms with van der Waals surface area (Å²) in [4.78, 5) is 32.0. The van der Waals surface area contributed by atoms with Gasteiger partial charge in [-0.25, -0.2) is 9.67 Å². The molecule has 1 fully saturated rings. The summed E-state index contributed by atoms with van der Waals surface area (Å²) in [7, 11) is 0. The lowest BCUT2D eigenvalue weighted by molar-refractivity contribution is -0.138. The number of amides is 1. The third-order valence-corrected chi connectivity index (χ3v) is 5.34. The predicted molar refractivity (Wildman–Crippen MR) is 103 cm³/mol. The van der Waals surface area contributed by atoms with Gasteiger partial charge in [0.2, 0.25) is 5.91 Å². The molecule has 0 bridgehead atoms. The highest BCUT2D eigenvalue weighted by molar-refractivity contribution is 5.78. The highest BCUT2D eigenvalue weighted by Gasteiger charge is 2.29. The topological polar surface area (TPSA) is 73.0 Å². The molecule has 0 spiro atoms. The minimum atomic E-state index is -0.243. The van der Waals surface area contributed by atoms with Crippen molar-refractivity contribution in [1.82, 2.24) is 24.2 Å². The Morgan fingerprint density at radius 3 is 2.56 bits per heavy atom. The molecule has 0 saturated carbocycles. The summed E-state index contributed by atoms with van der Waals surface area (Å²) in [5.41, 5.74) is 1.09. The van der Waals surface area contributed by atoms with E-state index in [1.807, 2.05) is 35.2 Å². The van der Waals surface area contributed by atoms with Gasteiger partial charge in [0.1, 0.15) is 18.3 Å². The zero-order valence-electron chi connectivity index (χ0n) is 15.6. The molecule has 2 atom stereocenters. The Labute approximate surface area is 157 Å². The zero-order valence-corrected chi connectivity index (χ0v) is 15.6. The quantitative estimate of drug-likeness (QED) is 0.714. The van der Waals surface area contributed by atoms with Crippen molar-refractivity contribution in [2.75, 3.05) is 0 Å². The van der Waals surface area contributed by atoms with Crippen molar-refractivity contribution in [3.8, 4) is 5.69 Å². The minimum Gasteiger partial charge on any atom is -0.336 e. The molecular formula is C20H23N5O2. The lowest BCUT2D eigenvalue weighted by Gasteiger charge is -2.39. The SMILES string of the molecule is C[C@@H]1CCC[C@H](C)N1C(=O)Cn1cnc2c(cnn2-c2ccccc2)c1=O. The molecule has 3 aromatic rings. The van der Waals surface area contributed by atoms with Crippen molar-refractivity contribution in [3.63, 3.8) is 0 Å². The van der Waals surface area contributed by atoms with Gasteiger partial charge < -0.3 is 4.90 Å². The number of para-hydroxylation sites is 1. The van der Waals surface area contributed by atoms with E-state index in [0.29, 0.717) is 11.0 Å². The van der Waals surface area contributed by atoms with Gasteiger partial charge in [0, 0.05) is 12.1 Å². The van der Waals surface area contributed by atoms with Gasteiger partial charge in [-0.15, -0.1) is 0 Å². The number of rotatable bonds is 3. The van der Waals surface area contributed by atoms with Gasteiger partial charge in [0.25, 0.3) is 5.56 Å². The Bertz CT molecular complexity index is 1010. The van der Waals surface area contributed by atoms with Crippen LogP contribution in [0.1, 0.15) is 33.1 Å². The molecule has 1 amide bonds. The molecule has 7 heteroatoms. The van der Waals surface area contributed by atoms with E-state index in [2.05, 4.69) is 23.9 Å². The number of carbonyl (C=O) groups excluding carboxylic acids is 1. The van der Waals surface area contributed by atoms with Crippen molar-refractivity contribution in [2.24, 2.45) is 0 Å². The van der Waals surface area contributed by atoms with E-state index >= 15 is 0 Å². The molecule has 0 unspecified atom stereocenters. The van der Waals surface area contributed by atoms with Crippen LogP contribution in [0.4, 0.5) is 0 Å². The summed E-state index contributed by atoms with van der Waals surface area (Å²) < 4.78 is 3.02. The number of aromatic nitrogens is 4. The van der Waals surface area contributed by atoms with Crippen molar-refractivity contribution in [2.45, 2.75) is 51.7 Å². The molecule has 0 radical (unpaired) electrons. The second-order valence-corrected chi connectivity index (χ2v) is 7.24. The summed E-state index contributed by atoms with van der Waals surface area (Å²) in [5, 5.41) is 4.72. The maximum absolute atomic E-state index is 12.9. The largest absolute Gasteiger partial charge is 0.336 e. The predicted octanol–water partition coefficient (Wildman–Crippen LogP) is 2.37. The van der Waals surface area contributed by atoms with Crippen LogP contribution in [0, 0.1) is 0 Å². The van der Waals surface area contributed by atoms with Crippen molar-refractivity contribution < 1.29 is 4.79 Å². The van der Waals surface area contributed by atoms with Crippen molar-refractivity contribution >= 4 is 16.9 Å². The second-order valence-electron chi connectivity index (χ2n) is 7.24. The highest BCUT2D eigenvalue weighted by atomic mass is 16.2. The first-order chi connectivity index (χ1) is 13.1. The van der Waals surface area contributed by atoms with E-state index < -0.39 is 0 Å². The van der Waals surface area contributed by atoms with Crippen LogP contribution >= 0.6 is 0 Å². The Kier molecular flexibility index (Phi) is 4.51. The fraction of sp³-hybridized carbons (Fsp3) is 0.400. The van der Waals surface area contributed by atoms with E-state index in [-0.39, 0.29) is 30.1 Å². The molecule has 1 aliphatic heterocycles. The van der Waals surface area contributed by atoms with Crippen LogP contribution in [-0.4, -0.2) is 42.2 Å². The van der Waals surface area contributed by atoms with Gasteiger partial charge in [-0.1, -0.05) is 18.2 Å². The van der Waals surface area contributed by atoms with Gasteiger partial charge >= 0.3 is 0 Å². The summed E-state index contributed by atoms with van der Waals surface area (Å²) >= 11 is 0. The number of hydrogen-bond acceptors (Lipinski definition) is 4. The fourth-order valence-corrected chi connectivity index (χ4v) is 3.96. The Balaban J connectivity index is 1.65. The van der Waals surface area contributed by atoms with E-state index in [1.54, 1.807) is 4.68 Å². The second kappa shape index (κ2) is 6.98. The van der Waals surface area contributed by atoms with Crippen molar-refractivity contribution in [3.05, 3.63) is 53.2 Å². The molecular weight excluding hydrogens is 342 g/mol.